The first-order chi connectivity index (χ1) is 12.2. The summed E-state index contributed by atoms with van der Waals surface area (Å²) >= 11 is 3.41. The Morgan fingerprint density at radius 2 is 1.36 bits per heavy atom. The van der Waals surface area contributed by atoms with Crippen LogP contribution in [0.1, 0.15) is 96.0 Å². The highest BCUT2D eigenvalue weighted by atomic mass is 79.9. The Morgan fingerprint density at radius 3 is 1.92 bits per heavy atom. The zero-order chi connectivity index (χ0) is 18.2. The Hall–Kier alpha value is -0.830. The third-order valence-electron chi connectivity index (χ3n) is 4.61. The average molecular weight is 410 g/mol. The maximum Gasteiger partial charge on any atom is 0.124 e. The number of benzene rings is 1. The van der Waals surface area contributed by atoms with Gasteiger partial charge in [0.1, 0.15) is 5.75 Å². The normalized spacial score (nSPS) is 11.4. The summed E-state index contributed by atoms with van der Waals surface area (Å²) in [6, 6.07) is 5.42. The third-order valence-corrected chi connectivity index (χ3v) is 5.10. The number of nitrogens with zero attached hydrogens (tertiary/aromatic N) is 1. The van der Waals surface area contributed by atoms with Gasteiger partial charge in [0.05, 0.1) is 0 Å². The van der Waals surface area contributed by atoms with Crippen LogP contribution in [-0.2, 0) is 0 Å². The van der Waals surface area contributed by atoms with Gasteiger partial charge >= 0.3 is 0 Å². The van der Waals surface area contributed by atoms with E-state index in [1.807, 2.05) is 12.1 Å². The molecule has 0 fully saturated rings. The number of hydrogen-bond acceptors (Lipinski definition) is 2. The lowest BCUT2D eigenvalue weighted by Crippen LogP contribution is -1.87. The minimum Gasteiger partial charge on any atom is -0.507 e. The Kier molecular flexibility index (Phi) is 13.7. The van der Waals surface area contributed by atoms with Gasteiger partial charge in [0, 0.05) is 22.8 Å². The van der Waals surface area contributed by atoms with Gasteiger partial charge in [-0.1, -0.05) is 99.9 Å². The summed E-state index contributed by atoms with van der Waals surface area (Å²) in [6.45, 7) is 3.13. The maximum atomic E-state index is 9.74. The van der Waals surface area contributed by atoms with Crippen LogP contribution < -0.4 is 0 Å². The van der Waals surface area contributed by atoms with Crippen molar-refractivity contribution in [1.82, 2.24) is 0 Å². The molecule has 0 aromatic heterocycles. The zero-order valence-corrected chi connectivity index (χ0v) is 17.6. The molecule has 3 heteroatoms. The summed E-state index contributed by atoms with van der Waals surface area (Å²) in [5.74, 6) is 0.289. The van der Waals surface area contributed by atoms with Crippen molar-refractivity contribution in [2.75, 3.05) is 6.54 Å². The van der Waals surface area contributed by atoms with Crippen LogP contribution in [0.25, 0.3) is 0 Å². The van der Waals surface area contributed by atoms with E-state index >= 15 is 0 Å². The number of aromatic hydroxyl groups is 1. The van der Waals surface area contributed by atoms with Gasteiger partial charge in [0.15, 0.2) is 0 Å². The molecule has 0 saturated carbocycles. The molecular weight excluding hydrogens is 374 g/mol. The number of halogens is 1. The average Bonchev–Trinajstić information content (AvgIpc) is 2.61. The SMILES string of the molecule is CCCCCCCCCCCCCCCN=Cc1cc(Br)ccc1O. The van der Waals surface area contributed by atoms with Crippen molar-refractivity contribution in [3.8, 4) is 5.75 Å². The van der Waals surface area contributed by atoms with E-state index in [4.69, 9.17) is 0 Å². The zero-order valence-electron chi connectivity index (χ0n) is 16.0. The van der Waals surface area contributed by atoms with Gasteiger partial charge in [0.25, 0.3) is 0 Å². The molecule has 0 bridgehead atoms. The molecule has 0 atom stereocenters. The van der Waals surface area contributed by atoms with Gasteiger partial charge in [-0.3, -0.25) is 4.99 Å². The fraction of sp³-hybridized carbons (Fsp3) is 0.682. The van der Waals surface area contributed by atoms with Crippen molar-refractivity contribution in [1.29, 1.82) is 0 Å². The summed E-state index contributed by atoms with van der Waals surface area (Å²) in [5, 5.41) is 9.74. The molecular formula is C22H36BrNO. The molecule has 25 heavy (non-hydrogen) atoms. The van der Waals surface area contributed by atoms with Crippen LogP contribution in [0.5, 0.6) is 5.75 Å². The molecule has 0 saturated heterocycles. The number of rotatable bonds is 15. The third kappa shape index (κ3) is 12.2. The van der Waals surface area contributed by atoms with Crippen LogP contribution in [0.3, 0.4) is 0 Å². The molecule has 1 N–H and O–H groups in total. The highest BCUT2D eigenvalue weighted by Gasteiger charge is 1.98. The van der Waals surface area contributed by atoms with Crippen LogP contribution in [-0.4, -0.2) is 17.9 Å². The van der Waals surface area contributed by atoms with Crippen molar-refractivity contribution in [3.05, 3.63) is 28.2 Å². The second kappa shape index (κ2) is 15.4. The minimum atomic E-state index is 0.289. The monoisotopic (exact) mass is 409 g/mol. The summed E-state index contributed by atoms with van der Waals surface area (Å²) in [4.78, 5) is 4.43. The smallest absolute Gasteiger partial charge is 0.124 e. The molecule has 1 rings (SSSR count). The first-order valence-corrected chi connectivity index (χ1v) is 11.0. The molecule has 0 heterocycles. The van der Waals surface area contributed by atoms with Crippen molar-refractivity contribution < 1.29 is 5.11 Å². The van der Waals surface area contributed by atoms with Crippen LogP contribution in [0.4, 0.5) is 0 Å². The molecule has 0 unspecified atom stereocenters. The van der Waals surface area contributed by atoms with Crippen molar-refractivity contribution in [2.45, 2.75) is 90.4 Å². The Balaban J connectivity index is 1.89. The van der Waals surface area contributed by atoms with Crippen molar-refractivity contribution in [3.63, 3.8) is 0 Å². The predicted octanol–water partition coefficient (Wildman–Crippen LogP) is 7.66. The topological polar surface area (TPSA) is 32.6 Å². The molecule has 0 aliphatic heterocycles. The highest BCUT2D eigenvalue weighted by molar-refractivity contribution is 9.10. The molecule has 0 amide bonds. The van der Waals surface area contributed by atoms with E-state index in [2.05, 4.69) is 27.8 Å². The van der Waals surface area contributed by atoms with Crippen LogP contribution >= 0.6 is 15.9 Å². The minimum absolute atomic E-state index is 0.289. The summed E-state index contributed by atoms with van der Waals surface area (Å²) in [6.07, 6.45) is 19.6. The summed E-state index contributed by atoms with van der Waals surface area (Å²) < 4.78 is 0.965. The predicted molar refractivity (Wildman–Crippen MR) is 114 cm³/mol. The van der Waals surface area contributed by atoms with E-state index < -0.39 is 0 Å². The summed E-state index contributed by atoms with van der Waals surface area (Å²) in [5.41, 5.74) is 0.782. The lowest BCUT2D eigenvalue weighted by Gasteiger charge is -2.02. The van der Waals surface area contributed by atoms with E-state index in [-0.39, 0.29) is 5.75 Å². The highest BCUT2D eigenvalue weighted by Crippen LogP contribution is 2.20. The molecule has 142 valence electrons. The molecule has 1 aromatic rings. The number of aliphatic imine (C=N–C) groups is 1. The number of hydrogen-bond donors (Lipinski definition) is 1. The molecule has 0 radical (unpaired) electrons. The second-order valence-corrected chi connectivity index (χ2v) is 7.90. The lowest BCUT2D eigenvalue weighted by atomic mass is 10.0. The van der Waals surface area contributed by atoms with Crippen molar-refractivity contribution in [2.24, 2.45) is 4.99 Å². The lowest BCUT2D eigenvalue weighted by molar-refractivity contribution is 0.474. The fourth-order valence-electron chi connectivity index (χ4n) is 3.01. The van der Waals surface area contributed by atoms with E-state index in [0.29, 0.717) is 0 Å². The van der Waals surface area contributed by atoms with Gasteiger partial charge in [-0.05, 0) is 24.6 Å². The maximum absolute atomic E-state index is 9.74. The Labute approximate surface area is 163 Å². The molecule has 1 aromatic carbocycles. The Bertz CT molecular complexity index is 473. The van der Waals surface area contributed by atoms with Gasteiger partial charge in [0.2, 0.25) is 0 Å². The number of phenols is 1. The Morgan fingerprint density at radius 1 is 0.840 bits per heavy atom. The second-order valence-electron chi connectivity index (χ2n) is 6.98. The van der Waals surface area contributed by atoms with Gasteiger partial charge in [-0.2, -0.15) is 0 Å². The first-order valence-electron chi connectivity index (χ1n) is 10.2. The quantitative estimate of drug-likeness (QED) is 0.234. The van der Waals surface area contributed by atoms with Crippen LogP contribution in [0.15, 0.2) is 27.7 Å². The largest absolute Gasteiger partial charge is 0.507 e. The molecule has 2 nitrogen and oxygen atoms in total. The van der Waals surface area contributed by atoms with E-state index in [1.54, 1.807) is 12.3 Å². The van der Waals surface area contributed by atoms with Crippen LogP contribution in [0.2, 0.25) is 0 Å². The van der Waals surface area contributed by atoms with E-state index in [1.165, 1.54) is 77.0 Å². The summed E-state index contributed by atoms with van der Waals surface area (Å²) in [7, 11) is 0. The fourth-order valence-corrected chi connectivity index (χ4v) is 3.39. The molecule has 0 spiro atoms. The standard InChI is InChI=1S/C22H36BrNO/c1-2-3-4-5-6-7-8-9-10-11-12-13-14-17-24-19-20-18-21(23)15-16-22(20)25/h15-16,18-19,25H,2-14,17H2,1H3. The molecule has 0 aliphatic rings. The first kappa shape index (κ1) is 22.2. The van der Waals surface area contributed by atoms with Gasteiger partial charge in [-0.25, -0.2) is 0 Å². The van der Waals surface area contributed by atoms with Gasteiger partial charge in [-0.15, -0.1) is 0 Å². The number of phenolic OH excluding ortho intramolecular Hbond substituents is 1. The van der Waals surface area contributed by atoms with E-state index in [9.17, 15) is 5.11 Å². The van der Waals surface area contributed by atoms with Crippen molar-refractivity contribution >= 4 is 22.1 Å². The molecule has 0 aliphatic carbocycles. The van der Waals surface area contributed by atoms with Crippen LogP contribution in [0, 0.1) is 0 Å². The van der Waals surface area contributed by atoms with Gasteiger partial charge < -0.3 is 5.11 Å². The number of unbranched alkanes of at least 4 members (excludes halogenated alkanes) is 12. The van der Waals surface area contributed by atoms with E-state index in [0.717, 1.165) is 23.0 Å².